The van der Waals surface area contributed by atoms with Crippen LogP contribution in [0.15, 0.2) is 91.0 Å². The summed E-state index contributed by atoms with van der Waals surface area (Å²) in [7, 11) is 0. The van der Waals surface area contributed by atoms with E-state index in [0.29, 0.717) is 12.8 Å². The fourth-order valence-corrected chi connectivity index (χ4v) is 3.25. The summed E-state index contributed by atoms with van der Waals surface area (Å²) in [6.45, 7) is 0. The van der Waals surface area contributed by atoms with E-state index in [1.54, 1.807) is 0 Å². The van der Waals surface area contributed by atoms with Crippen molar-refractivity contribution < 1.29 is 14.7 Å². The molecular weight excluding hydrogens is 350 g/mol. The average Bonchev–Trinajstić information content (AvgIpc) is 2.73. The SMILES string of the molecule is O=C(N[C@H](CCc1ccccc1)C(=O)O)C(c1ccccc1)c1ccccc1. The second-order valence-electron chi connectivity index (χ2n) is 6.68. The Kier molecular flexibility index (Phi) is 6.58. The molecule has 0 radical (unpaired) electrons. The second kappa shape index (κ2) is 9.51. The highest BCUT2D eigenvalue weighted by molar-refractivity contribution is 5.90. The number of hydrogen-bond acceptors (Lipinski definition) is 2. The summed E-state index contributed by atoms with van der Waals surface area (Å²) in [6, 6.07) is 27.6. The molecule has 4 heteroatoms. The van der Waals surface area contributed by atoms with Crippen LogP contribution in [0, 0.1) is 0 Å². The maximum atomic E-state index is 13.1. The minimum atomic E-state index is -1.02. The fourth-order valence-electron chi connectivity index (χ4n) is 3.25. The van der Waals surface area contributed by atoms with Crippen LogP contribution in [-0.2, 0) is 16.0 Å². The minimum Gasteiger partial charge on any atom is -0.480 e. The number of amides is 1. The molecular formula is C24H23NO3. The Balaban J connectivity index is 1.78. The van der Waals surface area contributed by atoms with Gasteiger partial charge in [-0.1, -0.05) is 91.0 Å². The van der Waals surface area contributed by atoms with Crippen molar-refractivity contribution in [2.75, 3.05) is 0 Å². The molecule has 3 aromatic carbocycles. The molecule has 4 nitrogen and oxygen atoms in total. The largest absolute Gasteiger partial charge is 0.480 e. The van der Waals surface area contributed by atoms with Crippen molar-refractivity contribution in [1.82, 2.24) is 5.32 Å². The molecule has 1 atom stereocenters. The van der Waals surface area contributed by atoms with Gasteiger partial charge < -0.3 is 10.4 Å². The number of hydrogen-bond donors (Lipinski definition) is 2. The van der Waals surface area contributed by atoms with Crippen molar-refractivity contribution in [2.45, 2.75) is 24.8 Å². The van der Waals surface area contributed by atoms with Crippen molar-refractivity contribution in [3.8, 4) is 0 Å². The lowest BCUT2D eigenvalue weighted by Crippen LogP contribution is -2.43. The van der Waals surface area contributed by atoms with Gasteiger partial charge in [-0.05, 0) is 29.5 Å². The van der Waals surface area contributed by atoms with Gasteiger partial charge in [-0.15, -0.1) is 0 Å². The highest BCUT2D eigenvalue weighted by Gasteiger charge is 2.27. The third-order valence-corrected chi connectivity index (χ3v) is 4.71. The first-order valence-electron chi connectivity index (χ1n) is 9.32. The molecule has 0 saturated carbocycles. The normalized spacial score (nSPS) is 11.8. The van der Waals surface area contributed by atoms with Gasteiger partial charge >= 0.3 is 5.97 Å². The quantitative estimate of drug-likeness (QED) is 0.627. The number of benzene rings is 3. The third kappa shape index (κ3) is 5.07. The zero-order chi connectivity index (χ0) is 19.8. The number of nitrogens with one attached hydrogen (secondary N) is 1. The molecule has 0 aliphatic heterocycles. The minimum absolute atomic E-state index is 0.308. The van der Waals surface area contributed by atoms with E-state index in [2.05, 4.69) is 5.32 Å². The van der Waals surface area contributed by atoms with Gasteiger partial charge in [-0.25, -0.2) is 4.79 Å². The van der Waals surface area contributed by atoms with Gasteiger partial charge in [0.05, 0.1) is 5.92 Å². The number of carbonyl (C=O) groups excluding carboxylic acids is 1. The molecule has 3 aromatic rings. The van der Waals surface area contributed by atoms with E-state index in [0.717, 1.165) is 16.7 Å². The Hall–Kier alpha value is -3.40. The standard InChI is InChI=1S/C24H23NO3/c26-23(25-21(24(27)28)17-16-18-10-4-1-5-11-18)22(19-12-6-2-7-13-19)20-14-8-3-9-15-20/h1-15,21-22H,16-17H2,(H,25,26)(H,27,28)/t21-/m1/s1. The molecule has 2 N–H and O–H groups in total. The summed E-state index contributed by atoms with van der Waals surface area (Å²) in [4.78, 5) is 24.8. The maximum Gasteiger partial charge on any atom is 0.326 e. The van der Waals surface area contributed by atoms with Crippen LogP contribution in [0.5, 0.6) is 0 Å². The van der Waals surface area contributed by atoms with E-state index in [4.69, 9.17) is 0 Å². The first kappa shape index (κ1) is 19.4. The van der Waals surface area contributed by atoms with Gasteiger partial charge in [0.1, 0.15) is 6.04 Å². The number of rotatable bonds is 8. The number of carbonyl (C=O) groups is 2. The van der Waals surface area contributed by atoms with E-state index >= 15 is 0 Å². The van der Waals surface area contributed by atoms with Crippen LogP contribution in [0.1, 0.15) is 29.0 Å². The second-order valence-corrected chi connectivity index (χ2v) is 6.68. The Morgan fingerprint density at radius 1 is 0.750 bits per heavy atom. The van der Waals surface area contributed by atoms with Crippen LogP contribution in [0.4, 0.5) is 0 Å². The molecule has 0 fully saturated rings. The summed E-state index contributed by atoms with van der Waals surface area (Å²) in [6.07, 6.45) is 0.917. The van der Waals surface area contributed by atoms with Crippen LogP contribution >= 0.6 is 0 Å². The molecule has 142 valence electrons. The van der Waals surface area contributed by atoms with Crippen LogP contribution in [0.25, 0.3) is 0 Å². The molecule has 0 unspecified atom stereocenters. The zero-order valence-corrected chi connectivity index (χ0v) is 15.5. The number of carboxylic acids is 1. The molecule has 28 heavy (non-hydrogen) atoms. The topological polar surface area (TPSA) is 66.4 Å². The molecule has 0 bridgehead atoms. The Morgan fingerprint density at radius 3 is 1.68 bits per heavy atom. The van der Waals surface area contributed by atoms with E-state index < -0.39 is 17.9 Å². The van der Waals surface area contributed by atoms with Crippen molar-refractivity contribution in [2.24, 2.45) is 0 Å². The lowest BCUT2D eigenvalue weighted by molar-refractivity contribution is -0.142. The Morgan fingerprint density at radius 2 is 1.21 bits per heavy atom. The smallest absolute Gasteiger partial charge is 0.326 e. The Labute approximate surface area is 164 Å². The lowest BCUT2D eigenvalue weighted by atomic mass is 9.90. The van der Waals surface area contributed by atoms with Crippen molar-refractivity contribution in [3.05, 3.63) is 108 Å². The van der Waals surface area contributed by atoms with Crippen molar-refractivity contribution in [3.63, 3.8) is 0 Å². The van der Waals surface area contributed by atoms with Gasteiger partial charge in [0, 0.05) is 0 Å². The van der Waals surface area contributed by atoms with E-state index in [1.165, 1.54) is 0 Å². The summed E-state index contributed by atoms with van der Waals surface area (Å²) in [5.74, 6) is -1.89. The molecule has 1 amide bonds. The van der Waals surface area contributed by atoms with Gasteiger partial charge in [-0.2, -0.15) is 0 Å². The summed E-state index contributed by atoms with van der Waals surface area (Å²) in [5.41, 5.74) is 2.71. The van der Waals surface area contributed by atoms with Crippen molar-refractivity contribution >= 4 is 11.9 Å². The number of aryl methyl sites for hydroxylation is 1. The van der Waals surface area contributed by atoms with E-state index in [1.807, 2.05) is 91.0 Å². The third-order valence-electron chi connectivity index (χ3n) is 4.71. The summed E-state index contributed by atoms with van der Waals surface area (Å²) in [5, 5.41) is 12.4. The molecule has 3 rings (SSSR count). The fraction of sp³-hybridized carbons (Fsp3) is 0.167. The predicted octanol–water partition coefficient (Wildman–Crippen LogP) is 4.02. The van der Waals surface area contributed by atoms with Crippen molar-refractivity contribution in [1.29, 1.82) is 0 Å². The molecule has 0 spiro atoms. The summed E-state index contributed by atoms with van der Waals surface area (Å²) < 4.78 is 0. The van der Waals surface area contributed by atoms with E-state index in [-0.39, 0.29) is 5.91 Å². The number of carboxylic acid groups (broad SMARTS) is 1. The average molecular weight is 373 g/mol. The molecule has 0 aromatic heterocycles. The molecule has 0 aliphatic carbocycles. The molecule has 0 aliphatic rings. The van der Waals surface area contributed by atoms with E-state index in [9.17, 15) is 14.7 Å². The zero-order valence-electron chi connectivity index (χ0n) is 15.5. The predicted molar refractivity (Wildman–Crippen MR) is 109 cm³/mol. The lowest BCUT2D eigenvalue weighted by Gasteiger charge is -2.21. The first-order chi connectivity index (χ1) is 13.6. The van der Waals surface area contributed by atoms with Crippen LogP contribution in [0.2, 0.25) is 0 Å². The van der Waals surface area contributed by atoms with Gasteiger partial charge in [0.2, 0.25) is 5.91 Å². The molecule has 0 saturated heterocycles. The highest BCUT2D eigenvalue weighted by atomic mass is 16.4. The molecule has 0 heterocycles. The van der Waals surface area contributed by atoms with Crippen LogP contribution in [-0.4, -0.2) is 23.0 Å². The van der Waals surface area contributed by atoms with Gasteiger partial charge in [0.25, 0.3) is 0 Å². The van der Waals surface area contributed by atoms with Crippen LogP contribution in [0.3, 0.4) is 0 Å². The number of aliphatic carboxylic acids is 1. The first-order valence-corrected chi connectivity index (χ1v) is 9.32. The van der Waals surface area contributed by atoms with Gasteiger partial charge in [0.15, 0.2) is 0 Å². The van der Waals surface area contributed by atoms with Gasteiger partial charge in [-0.3, -0.25) is 4.79 Å². The van der Waals surface area contributed by atoms with Crippen LogP contribution < -0.4 is 5.32 Å². The Bertz CT molecular complexity index is 855. The monoisotopic (exact) mass is 373 g/mol. The highest BCUT2D eigenvalue weighted by Crippen LogP contribution is 2.25. The maximum absolute atomic E-state index is 13.1. The summed E-state index contributed by atoms with van der Waals surface area (Å²) >= 11 is 0.